The number of amides is 1. The van der Waals surface area contributed by atoms with E-state index in [1.165, 1.54) is 0 Å². The number of anilines is 1. The van der Waals surface area contributed by atoms with Crippen LogP contribution in [0.2, 0.25) is 0 Å². The summed E-state index contributed by atoms with van der Waals surface area (Å²) in [6, 6.07) is 3.54. The number of hydrogen-bond acceptors (Lipinski definition) is 4. The molecule has 100 valence electrons. The zero-order valence-corrected chi connectivity index (χ0v) is 11.4. The Hall–Kier alpha value is -1.62. The minimum atomic E-state index is -0.0928. The number of aryl methyl sites for hydroxylation is 1. The van der Waals surface area contributed by atoms with Crippen LogP contribution in [-0.4, -0.2) is 16.9 Å². The summed E-state index contributed by atoms with van der Waals surface area (Å²) in [5.74, 6) is 6.17. The van der Waals surface area contributed by atoms with Crippen LogP contribution < -0.4 is 16.6 Å². The Morgan fingerprint density at radius 3 is 2.67 bits per heavy atom. The van der Waals surface area contributed by atoms with Crippen molar-refractivity contribution in [1.82, 2.24) is 10.3 Å². The molecule has 1 aromatic rings. The molecule has 0 saturated heterocycles. The second kappa shape index (κ2) is 6.35. The Kier molecular flexibility index (Phi) is 5.09. The second-order valence-electron chi connectivity index (χ2n) is 4.67. The third-order valence-corrected chi connectivity index (χ3v) is 3.22. The Morgan fingerprint density at radius 2 is 2.11 bits per heavy atom. The van der Waals surface area contributed by atoms with E-state index in [1.54, 1.807) is 12.1 Å². The van der Waals surface area contributed by atoms with Gasteiger partial charge in [-0.05, 0) is 31.9 Å². The summed E-state index contributed by atoms with van der Waals surface area (Å²) in [7, 11) is 0. The first kappa shape index (κ1) is 14.4. The molecule has 4 N–H and O–H groups in total. The Morgan fingerprint density at radius 1 is 1.44 bits per heavy atom. The molecule has 2 atom stereocenters. The van der Waals surface area contributed by atoms with Crippen molar-refractivity contribution in [3.63, 3.8) is 0 Å². The Balaban J connectivity index is 2.81. The highest BCUT2D eigenvalue weighted by Gasteiger charge is 2.15. The lowest BCUT2D eigenvalue weighted by molar-refractivity contribution is 0.0928. The lowest BCUT2D eigenvalue weighted by Gasteiger charge is -2.20. The molecule has 0 aliphatic rings. The van der Waals surface area contributed by atoms with E-state index in [0.29, 0.717) is 17.3 Å². The van der Waals surface area contributed by atoms with Crippen LogP contribution in [0, 0.1) is 12.8 Å². The van der Waals surface area contributed by atoms with Crippen molar-refractivity contribution in [2.45, 2.75) is 40.2 Å². The molecule has 0 fully saturated rings. The predicted octanol–water partition coefficient (Wildman–Crippen LogP) is 1.84. The van der Waals surface area contributed by atoms with Crippen LogP contribution in [-0.2, 0) is 0 Å². The Bertz CT molecular complexity index is 419. The standard InChI is InChI=1S/C13H22N4O/c1-5-8(2)10(4)16-13(18)11-6-9(3)15-12(7-11)17-14/h6-8,10H,5,14H2,1-4H3,(H,15,17)(H,16,18). The highest BCUT2D eigenvalue weighted by molar-refractivity contribution is 5.95. The van der Waals surface area contributed by atoms with E-state index in [2.05, 4.69) is 29.6 Å². The molecule has 0 aliphatic heterocycles. The zero-order valence-electron chi connectivity index (χ0n) is 11.4. The minimum Gasteiger partial charge on any atom is -0.349 e. The summed E-state index contributed by atoms with van der Waals surface area (Å²) >= 11 is 0. The molecule has 1 amide bonds. The molecule has 1 aromatic heterocycles. The average Bonchev–Trinajstić information content (AvgIpc) is 2.36. The van der Waals surface area contributed by atoms with Crippen LogP contribution in [0.25, 0.3) is 0 Å². The van der Waals surface area contributed by atoms with Gasteiger partial charge >= 0.3 is 0 Å². The highest BCUT2D eigenvalue weighted by atomic mass is 16.1. The van der Waals surface area contributed by atoms with Gasteiger partial charge < -0.3 is 10.7 Å². The largest absolute Gasteiger partial charge is 0.349 e. The fourth-order valence-electron chi connectivity index (χ4n) is 1.66. The summed E-state index contributed by atoms with van der Waals surface area (Å²) in [5, 5.41) is 2.99. The number of nitrogens with one attached hydrogen (secondary N) is 2. The number of rotatable bonds is 5. The number of hydrazine groups is 1. The van der Waals surface area contributed by atoms with Crippen molar-refractivity contribution in [3.05, 3.63) is 23.4 Å². The quantitative estimate of drug-likeness (QED) is 0.550. The van der Waals surface area contributed by atoms with Crippen LogP contribution in [0.4, 0.5) is 5.82 Å². The lowest BCUT2D eigenvalue weighted by atomic mass is 10.0. The third-order valence-electron chi connectivity index (χ3n) is 3.22. The van der Waals surface area contributed by atoms with Crippen LogP contribution in [0.5, 0.6) is 0 Å². The number of aromatic nitrogens is 1. The average molecular weight is 250 g/mol. The van der Waals surface area contributed by atoms with Crippen molar-refractivity contribution in [2.24, 2.45) is 11.8 Å². The van der Waals surface area contributed by atoms with Gasteiger partial charge in [0.2, 0.25) is 0 Å². The van der Waals surface area contributed by atoms with Gasteiger partial charge in [-0.3, -0.25) is 4.79 Å². The SMILES string of the molecule is CCC(C)C(C)NC(=O)c1cc(C)nc(NN)c1. The van der Waals surface area contributed by atoms with Crippen LogP contribution >= 0.6 is 0 Å². The first-order valence-corrected chi connectivity index (χ1v) is 6.24. The first-order valence-electron chi connectivity index (χ1n) is 6.24. The molecule has 1 rings (SSSR count). The van der Waals surface area contributed by atoms with Gasteiger partial charge in [0.1, 0.15) is 5.82 Å². The highest BCUT2D eigenvalue weighted by Crippen LogP contribution is 2.11. The fourth-order valence-corrected chi connectivity index (χ4v) is 1.66. The molecule has 0 aromatic carbocycles. The molecular weight excluding hydrogens is 228 g/mol. The topological polar surface area (TPSA) is 80.0 Å². The van der Waals surface area contributed by atoms with E-state index in [1.807, 2.05) is 13.8 Å². The molecule has 2 unspecified atom stereocenters. The third kappa shape index (κ3) is 3.70. The van der Waals surface area contributed by atoms with Gasteiger partial charge in [0, 0.05) is 17.3 Å². The van der Waals surface area contributed by atoms with E-state index in [0.717, 1.165) is 12.1 Å². The van der Waals surface area contributed by atoms with E-state index in [4.69, 9.17) is 5.84 Å². The van der Waals surface area contributed by atoms with Gasteiger partial charge in [0.15, 0.2) is 0 Å². The number of nitrogen functional groups attached to an aromatic ring is 1. The second-order valence-corrected chi connectivity index (χ2v) is 4.67. The lowest BCUT2D eigenvalue weighted by Crippen LogP contribution is -2.37. The molecule has 18 heavy (non-hydrogen) atoms. The maximum Gasteiger partial charge on any atom is 0.251 e. The molecule has 0 saturated carbocycles. The van der Waals surface area contributed by atoms with E-state index >= 15 is 0 Å². The van der Waals surface area contributed by atoms with Crippen LogP contribution in [0.15, 0.2) is 12.1 Å². The zero-order chi connectivity index (χ0) is 13.7. The molecule has 1 heterocycles. The van der Waals surface area contributed by atoms with E-state index < -0.39 is 0 Å². The summed E-state index contributed by atoms with van der Waals surface area (Å²) < 4.78 is 0. The monoisotopic (exact) mass is 250 g/mol. The molecule has 5 nitrogen and oxygen atoms in total. The maximum atomic E-state index is 12.1. The molecular formula is C13H22N4O. The van der Waals surface area contributed by atoms with Gasteiger partial charge in [-0.25, -0.2) is 10.8 Å². The van der Waals surface area contributed by atoms with E-state index in [-0.39, 0.29) is 11.9 Å². The van der Waals surface area contributed by atoms with Gasteiger partial charge in [0.05, 0.1) is 0 Å². The molecule has 0 spiro atoms. The van der Waals surface area contributed by atoms with Crippen molar-refractivity contribution in [1.29, 1.82) is 0 Å². The van der Waals surface area contributed by atoms with Gasteiger partial charge in [0.25, 0.3) is 5.91 Å². The van der Waals surface area contributed by atoms with Gasteiger partial charge in [-0.2, -0.15) is 0 Å². The Labute approximate surface area is 108 Å². The first-order chi connectivity index (χ1) is 8.47. The summed E-state index contributed by atoms with van der Waals surface area (Å²) in [5.41, 5.74) is 3.79. The van der Waals surface area contributed by atoms with Crippen molar-refractivity contribution < 1.29 is 4.79 Å². The molecule has 5 heteroatoms. The van der Waals surface area contributed by atoms with E-state index in [9.17, 15) is 4.79 Å². The number of carbonyl (C=O) groups is 1. The number of carbonyl (C=O) groups excluding carboxylic acids is 1. The fraction of sp³-hybridized carbons (Fsp3) is 0.538. The molecule has 0 aliphatic carbocycles. The van der Waals surface area contributed by atoms with Crippen LogP contribution in [0.1, 0.15) is 43.2 Å². The number of pyridine rings is 1. The number of hydrogen-bond donors (Lipinski definition) is 3. The van der Waals surface area contributed by atoms with Crippen LogP contribution in [0.3, 0.4) is 0 Å². The normalized spacial score (nSPS) is 13.8. The van der Waals surface area contributed by atoms with Gasteiger partial charge in [-0.1, -0.05) is 20.3 Å². The minimum absolute atomic E-state index is 0.0928. The molecule has 0 radical (unpaired) electrons. The number of nitrogens with zero attached hydrogens (tertiary/aromatic N) is 1. The summed E-state index contributed by atoms with van der Waals surface area (Å²) in [6.07, 6.45) is 1.03. The van der Waals surface area contributed by atoms with Crippen molar-refractivity contribution in [2.75, 3.05) is 5.43 Å². The summed E-state index contributed by atoms with van der Waals surface area (Å²) in [6.45, 7) is 8.08. The van der Waals surface area contributed by atoms with Gasteiger partial charge in [-0.15, -0.1) is 0 Å². The summed E-state index contributed by atoms with van der Waals surface area (Å²) in [4.78, 5) is 16.2. The predicted molar refractivity (Wildman–Crippen MR) is 73.2 cm³/mol. The number of nitrogens with two attached hydrogens (primary N) is 1. The van der Waals surface area contributed by atoms with Crippen molar-refractivity contribution in [3.8, 4) is 0 Å². The molecule has 0 bridgehead atoms. The van der Waals surface area contributed by atoms with Crippen molar-refractivity contribution >= 4 is 11.7 Å². The maximum absolute atomic E-state index is 12.1. The smallest absolute Gasteiger partial charge is 0.251 e.